The smallest absolute Gasteiger partial charge is 0.365 e. The predicted molar refractivity (Wildman–Crippen MR) is 128 cm³/mol. The SMILES string of the molecule is Cc1nn([C@H](c2nc3ccc([C@@H](C)NC(=O)CCC(F)(F)F)cc3[nH]2)C2CCC(F)(F)CC2)cc1C(N)=O. The Morgan fingerprint density at radius 2 is 1.95 bits per heavy atom. The van der Waals surface area contributed by atoms with Crippen LogP contribution in [0, 0.1) is 12.8 Å². The van der Waals surface area contributed by atoms with Gasteiger partial charge in [-0.2, -0.15) is 18.3 Å². The minimum absolute atomic E-state index is 0.227. The van der Waals surface area contributed by atoms with E-state index < -0.39 is 48.8 Å². The van der Waals surface area contributed by atoms with Crippen LogP contribution in [0.25, 0.3) is 11.0 Å². The molecule has 4 N–H and O–H groups in total. The molecule has 0 radical (unpaired) electrons. The fourth-order valence-corrected chi connectivity index (χ4v) is 4.92. The number of amides is 2. The van der Waals surface area contributed by atoms with Gasteiger partial charge in [0.05, 0.1) is 34.8 Å². The van der Waals surface area contributed by atoms with Crippen molar-refractivity contribution in [3.05, 3.63) is 47.0 Å². The summed E-state index contributed by atoms with van der Waals surface area (Å²) in [6.07, 6.45) is -4.86. The highest BCUT2D eigenvalue weighted by atomic mass is 19.4. The van der Waals surface area contributed by atoms with E-state index in [1.165, 1.54) is 6.20 Å². The third-order valence-corrected chi connectivity index (χ3v) is 6.99. The van der Waals surface area contributed by atoms with Crippen LogP contribution < -0.4 is 11.1 Å². The van der Waals surface area contributed by atoms with Crippen molar-refractivity contribution >= 4 is 22.8 Å². The van der Waals surface area contributed by atoms with Gasteiger partial charge in [-0.25, -0.2) is 13.8 Å². The molecule has 2 heterocycles. The van der Waals surface area contributed by atoms with Crippen LogP contribution in [0.2, 0.25) is 0 Å². The number of aromatic nitrogens is 4. The normalized spacial score (nSPS) is 17.9. The second kappa shape index (κ2) is 10.3. The molecule has 0 unspecified atom stereocenters. The van der Waals surface area contributed by atoms with Crippen molar-refractivity contribution in [1.82, 2.24) is 25.1 Å². The number of alkyl halides is 5. The van der Waals surface area contributed by atoms with Crippen molar-refractivity contribution in [2.45, 2.75) is 76.6 Å². The minimum Gasteiger partial charge on any atom is -0.365 e. The molecule has 0 bridgehead atoms. The van der Waals surface area contributed by atoms with Gasteiger partial charge in [-0.1, -0.05) is 6.07 Å². The van der Waals surface area contributed by atoms with Gasteiger partial charge in [-0.3, -0.25) is 14.3 Å². The van der Waals surface area contributed by atoms with Crippen molar-refractivity contribution in [3.63, 3.8) is 0 Å². The minimum atomic E-state index is -4.41. The Kier molecular flexibility index (Phi) is 7.48. The molecule has 206 valence electrons. The van der Waals surface area contributed by atoms with Gasteiger partial charge >= 0.3 is 6.18 Å². The van der Waals surface area contributed by atoms with Gasteiger partial charge in [0.2, 0.25) is 11.8 Å². The van der Waals surface area contributed by atoms with Crippen molar-refractivity contribution in [1.29, 1.82) is 0 Å². The number of primary amides is 1. The molecular weight excluding hydrogens is 511 g/mol. The molecule has 2 aromatic heterocycles. The topological polar surface area (TPSA) is 119 Å². The lowest BCUT2D eigenvalue weighted by Gasteiger charge is -2.33. The summed E-state index contributed by atoms with van der Waals surface area (Å²) in [4.78, 5) is 31.7. The van der Waals surface area contributed by atoms with E-state index in [0.717, 1.165) is 0 Å². The first kappa shape index (κ1) is 27.5. The first-order valence-corrected chi connectivity index (χ1v) is 12.3. The standard InChI is InChI=1S/C25H29F5N6O2/c1-13(32-20(37)7-10-25(28,29)30)16-3-4-18-19(11-16)34-23(33-18)21(15-5-8-24(26,27)9-6-15)36-12-17(22(31)38)14(2)35-36/h3-4,11-13,15,21H,5-10H2,1-2H3,(H2,31,38)(H,32,37)(H,33,34)/t13-,21+/m1/s1. The van der Waals surface area contributed by atoms with Gasteiger partial charge < -0.3 is 16.0 Å². The number of fused-ring (bicyclic) bond motifs is 1. The second-order valence-corrected chi connectivity index (χ2v) is 9.91. The molecule has 4 rings (SSSR count). The van der Waals surface area contributed by atoms with E-state index in [1.54, 1.807) is 36.7 Å². The number of carbonyl (C=O) groups excluding carboxylic acids is 2. The molecular formula is C25H29F5N6O2. The molecule has 0 spiro atoms. The van der Waals surface area contributed by atoms with Crippen molar-refractivity contribution < 1.29 is 31.5 Å². The number of halogens is 5. The molecule has 1 saturated carbocycles. The predicted octanol–water partition coefficient (Wildman–Crippen LogP) is 5.10. The Morgan fingerprint density at radius 1 is 1.26 bits per heavy atom. The van der Waals surface area contributed by atoms with E-state index in [-0.39, 0.29) is 37.2 Å². The number of H-pyrrole nitrogens is 1. The number of nitrogens with one attached hydrogen (secondary N) is 2. The highest BCUT2D eigenvalue weighted by Crippen LogP contribution is 2.42. The fourth-order valence-electron chi connectivity index (χ4n) is 4.92. The zero-order valence-corrected chi connectivity index (χ0v) is 20.9. The molecule has 2 amide bonds. The third-order valence-electron chi connectivity index (χ3n) is 6.99. The van der Waals surface area contributed by atoms with Crippen molar-refractivity contribution in [2.24, 2.45) is 11.7 Å². The van der Waals surface area contributed by atoms with Crippen LogP contribution in [-0.4, -0.2) is 43.7 Å². The number of aromatic amines is 1. The van der Waals surface area contributed by atoms with Gasteiger partial charge in [0.1, 0.15) is 11.9 Å². The maximum absolute atomic E-state index is 13.9. The molecule has 1 fully saturated rings. The summed E-state index contributed by atoms with van der Waals surface area (Å²) in [6, 6.07) is 4.03. The number of benzene rings is 1. The number of hydrogen-bond donors (Lipinski definition) is 3. The van der Waals surface area contributed by atoms with E-state index >= 15 is 0 Å². The maximum atomic E-state index is 13.9. The van der Waals surface area contributed by atoms with Crippen molar-refractivity contribution in [2.75, 3.05) is 0 Å². The summed E-state index contributed by atoms with van der Waals surface area (Å²) in [7, 11) is 0. The molecule has 1 aliphatic rings. The molecule has 1 aliphatic carbocycles. The summed E-state index contributed by atoms with van der Waals surface area (Å²) in [6.45, 7) is 3.30. The Morgan fingerprint density at radius 3 is 2.55 bits per heavy atom. The largest absolute Gasteiger partial charge is 0.389 e. The number of nitrogens with zero attached hydrogens (tertiary/aromatic N) is 3. The molecule has 0 aliphatic heterocycles. The van der Waals surface area contributed by atoms with Crippen LogP contribution in [0.15, 0.2) is 24.4 Å². The Hall–Kier alpha value is -3.51. The Balaban J connectivity index is 1.62. The Bertz CT molecular complexity index is 1320. The highest BCUT2D eigenvalue weighted by molar-refractivity contribution is 5.93. The fraction of sp³-hybridized carbons (Fsp3) is 0.520. The number of hydrogen-bond acceptors (Lipinski definition) is 4. The summed E-state index contributed by atoms with van der Waals surface area (Å²) >= 11 is 0. The number of carbonyl (C=O) groups is 2. The quantitative estimate of drug-likeness (QED) is 0.345. The summed E-state index contributed by atoms with van der Waals surface area (Å²) in [5.74, 6) is -3.87. The molecule has 8 nitrogen and oxygen atoms in total. The van der Waals surface area contributed by atoms with Crippen LogP contribution >= 0.6 is 0 Å². The number of imidazole rings is 1. The first-order chi connectivity index (χ1) is 17.7. The van der Waals surface area contributed by atoms with Gasteiger partial charge in [0.25, 0.3) is 5.91 Å². The van der Waals surface area contributed by atoms with Crippen molar-refractivity contribution in [3.8, 4) is 0 Å². The lowest BCUT2D eigenvalue weighted by molar-refractivity contribution is -0.144. The van der Waals surface area contributed by atoms with Gasteiger partial charge in [-0.15, -0.1) is 0 Å². The number of aryl methyl sites for hydroxylation is 1. The highest BCUT2D eigenvalue weighted by Gasteiger charge is 2.40. The number of nitrogens with two attached hydrogens (primary N) is 1. The molecule has 2 atom stereocenters. The van der Waals surface area contributed by atoms with Crippen LogP contribution in [0.5, 0.6) is 0 Å². The zero-order valence-electron chi connectivity index (χ0n) is 20.9. The molecule has 1 aromatic carbocycles. The first-order valence-electron chi connectivity index (χ1n) is 12.3. The lowest BCUT2D eigenvalue weighted by Crippen LogP contribution is -2.31. The Labute approximate surface area is 215 Å². The van der Waals surface area contributed by atoms with Crippen LogP contribution in [0.4, 0.5) is 22.0 Å². The monoisotopic (exact) mass is 540 g/mol. The third kappa shape index (κ3) is 6.30. The molecule has 3 aromatic rings. The molecule has 0 saturated heterocycles. The van der Waals surface area contributed by atoms with E-state index in [0.29, 0.717) is 28.1 Å². The molecule has 38 heavy (non-hydrogen) atoms. The van der Waals surface area contributed by atoms with E-state index in [1.807, 2.05) is 0 Å². The zero-order chi connectivity index (χ0) is 27.8. The van der Waals surface area contributed by atoms with E-state index in [2.05, 4.69) is 20.4 Å². The van der Waals surface area contributed by atoms with Gasteiger partial charge in [0, 0.05) is 25.5 Å². The average Bonchev–Trinajstić information content (AvgIpc) is 3.41. The lowest BCUT2D eigenvalue weighted by atomic mass is 9.81. The summed E-state index contributed by atoms with van der Waals surface area (Å²) in [5.41, 5.74) is 7.92. The van der Waals surface area contributed by atoms with E-state index in [4.69, 9.17) is 5.73 Å². The average molecular weight is 541 g/mol. The molecule has 13 heteroatoms. The summed E-state index contributed by atoms with van der Waals surface area (Å²) in [5, 5.41) is 7.01. The van der Waals surface area contributed by atoms with Gasteiger partial charge in [0.15, 0.2) is 0 Å². The number of rotatable bonds is 8. The maximum Gasteiger partial charge on any atom is 0.389 e. The van der Waals surface area contributed by atoms with Crippen LogP contribution in [0.1, 0.15) is 85.0 Å². The van der Waals surface area contributed by atoms with Gasteiger partial charge in [-0.05, 0) is 50.3 Å². The second-order valence-electron chi connectivity index (χ2n) is 9.91. The summed E-state index contributed by atoms with van der Waals surface area (Å²) < 4.78 is 66.6. The van der Waals surface area contributed by atoms with Crippen LogP contribution in [-0.2, 0) is 4.79 Å². The van der Waals surface area contributed by atoms with E-state index in [9.17, 15) is 31.5 Å². The van der Waals surface area contributed by atoms with Crippen LogP contribution in [0.3, 0.4) is 0 Å².